The monoisotopic (exact) mass is 435 g/mol. The lowest BCUT2D eigenvalue weighted by molar-refractivity contribution is 0.354. The normalized spacial score (nSPS) is 11.2. The zero-order valence-corrected chi connectivity index (χ0v) is 17.4. The fourth-order valence-corrected chi connectivity index (χ4v) is 4.51. The molecule has 5 nitrogen and oxygen atoms in total. The lowest BCUT2D eigenvalue weighted by Gasteiger charge is -2.25. The Morgan fingerprint density at radius 3 is 2.31 bits per heavy atom. The van der Waals surface area contributed by atoms with E-state index in [2.05, 4.69) is 0 Å². The fraction of sp³-hybridized carbons (Fsp3) is 0.143. The fourth-order valence-electron chi connectivity index (χ4n) is 2.85. The zero-order chi connectivity index (χ0) is 21.0. The summed E-state index contributed by atoms with van der Waals surface area (Å²) < 4.78 is 52.1. The van der Waals surface area contributed by atoms with Crippen LogP contribution in [0.3, 0.4) is 0 Å². The highest BCUT2D eigenvalue weighted by molar-refractivity contribution is 7.92. The summed E-state index contributed by atoms with van der Waals surface area (Å²) in [5, 5.41) is 0.384. The van der Waals surface area contributed by atoms with Crippen molar-refractivity contribution >= 4 is 27.3 Å². The summed E-state index contributed by atoms with van der Waals surface area (Å²) in [5.74, 6) is 0.362. The molecule has 8 heteroatoms. The Hall–Kier alpha value is -2.77. The van der Waals surface area contributed by atoms with Crippen molar-refractivity contribution in [2.45, 2.75) is 11.4 Å². The smallest absolute Gasteiger partial charge is 0.264 e. The van der Waals surface area contributed by atoms with Gasteiger partial charge >= 0.3 is 0 Å². The van der Waals surface area contributed by atoms with Crippen LogP contribution in [0.2, 0.25) is 5.02 Å². The van der Waals surface area contributed by atoms with E-state index in [9.17, 15) is 12.8 Å². The molecular formula is C21H19ClFNO4S. The van der Waals surface area contributed by atoms with Crippen LogP contribution in [-0.4, -0.2) is 22.6 Å². The third-order valence-corrected chi connectivity index (χ3v) is 6.26. The van der Waals surface area contributed by atoms with E-state index in [1.54, 1.807) is 42.5 Å². The summed E-state index contributed by atoms with van der Waals surface area (Å²) in [7, 11) is -1.05. The molecule has 0 amide bonds. The predicted octanol–water partition coefficient (Wildman–Crippen LogP) is 4.89. The highest BCUT2D eigenvalue weighted by atomic mass is 35.5. The number of rotatable bonds is 7. The maximum absolute atomic E-state index is 13.7. The highest BCUT2D eigenvalue weighted by Crippen LogP contribution is 2.32. The molecular weight excluding hydrogens is 417 g/mol. The minimum atomic E-state index is -4.06. The number of nitrogens with zero attached hydrogens (tertiary/aromatic N) is 1. The van der Waals surface area contributed by atoms with Gasteiger partial charge in [0.2, 0.25) is 0 Å². The molecule has 0 bridgehead atoms. The topological polar surface area (TPSA) is 55.8 Å². The van der Waals surface area contributed by atoms with E-state index in [0.29, 0.717) is 27.8 Å². The third kappa shape index (κ3) is 4.63. The first kappa shape index (κ1) is 21.0. The van der Waals surface area contributed by atoms with Crippen LogP contribution in [0.5, 0.6) is 11.5 Å². The average Bonchev–Trinajstić information content (AvgIpc) is 2.71. The molecule has 0 radical (unpaired) electrons. The van der Waals surface area contributed by atoms with Crippen molar-refractivity contribution in [1.29, 1.82) is 0 Å². The lowest BCUT2D eigenvalue weighted by atomic mass is 10.2. The largest absolute Gasteiger partial charge is 0.493 e. The van der Waals surface area contributed by atoms with Gasteiger partial charge < -0.3 is 9.47 Å². The van der Waals surface area contributed by atoms with Crippen molar-refractivity contribution in [1.82, 2.24) is 0 Å². The minimum Gasteiger partial charge on any atom is -0.493 e. The van der Waals surface area contributed by atoms with Crippen molar-refractivity contribution in [2.75, 3.05) is 18.5 Å². The maximum atomic E-state index is 13.7. The maximum Gasteiger partial charge on any atom is 0.264 e. The molecule has 3 rings (SSSR count). The van der Waals surface area contributed by atoms with Crippen LogP contribution in [0.15, 0.2) is 71.6 Å². The van der Waals surface area contributed by atoms with Crippen molar-refractivity contribution in [2.24, 2.45) is 0 Å². The molecule has 29 heavy (non-hydrogen) atoms. The first-order valence-electron chi connectivity index (χ1n) is 8.60. The van der Waals surface area contributed by atoms with Crippen LogP contribution in [0.1, 0.15) is 5.56 Å². The van der Waals surface area contributed by atoms with Gasteiger partial charge in [-0.3, -0.25) is 4.31 Å². The number of benzene rings is 3. The van der Waals surface area contributed by atoms with Gasteiger partial charge in [0.15, 0.2) is 11.5 Å². The molecule has 3 aromatic carbocycles. The van der Waals surface area contributed by atoms with Gasteiger partial charge in [-0.25, -0.2) is 12.8 Å². The molecule has 0 atom stereocenters. The first-order chi connectivity index (χ1) is 13.8. The van der Waals surface area contributed by atoms with Gasteiger partial charge in [-0.15, -0.1) is 0 Å². The zero-order valence-electron chi connectivity index (χ0n) is 15.8. The Morgan fingerprint density at radius 1 is 0.931 bits per heavy atom. The first-order valence-corrected chi connectivity index (χ1v) is 10.4. The van der Waals surface area contributed by atoms with E-state index in [4.69, 9.17) is 21.1 Å². The number of ether oxygens (including phenoxy) is 2. The summed E-state index contributed by atoms with van der Waals surface area (Å²) in [6, 6.07) is 16.5. The van der Waals surface area contributed by atoms with Gasteiger partial charge in [0.05, 0.1) is 31.3 Å². The summed E-state index contributed by atoms with van der Waals surface area (Å²) in [5.41, 5.74) is 1.01. The SMILES string of the molecule is COc1ccc(CN(c2cccc(Cl)c2)S(=O)(=O)c2cccc(F)c2)cc1OC. The summed E-state index contributed by atoms with van der Waals surface area (Å²) in [6.45, 7) is -0.0143. The Kier molecular flexibility index (Phi) is 6.30. The average molecular weight is 436 g/mol. The van der Waals surface area contributed by atoms with Crippen molar-refractivity contribution in [3.05, 3.63) is 83.1 Å². The molecule has 0 aliphatic heterocycles. The molecule has 0 saturated heterocycles. The van der Waals surface area contributed by atoms with Crippen LogP contribution in [0, 0.1) is 5.82 Å². The van der Waals surface area contributed by atoms with E-state index in [-0.39, 0.29) is 11.4 Å². The molecule has 3 aromatic rings. The van der Waals surface area contributed by atoms with E-state index in [1.165, 1.54) is 36.7 Å². The molecule has 0 aliphatic carbocycles. The highest BCUT2D eigenvalue weighted by Gasteiger charge is 2.26. The predicted molar refractivity (Wildman–Crippen MR) is 111 cm³/mol. The Bertz CT molecular complexity index is 1120. The second kappa shape index (κ2) is 8.71. The van der Waals surface area contributed by atoms with Gasteiger partial charge in [0.1, 0.15) is 5.82 Å². The van der Waals surface area contributed by atoms with Crippen LogP contribution in [-0.2, 0) is 16.6 Å². The molecule has 152 valence electrons. The number of methoxy groups -OCH3 is 2. The Balaban J connectivity index is 2.09. The third-order valence-electron chi connectivity index (χ3n) is 4.25. The molecule has 0 N–H and O–H groups in total. The lowest BCUT2D eigenvalue weighted by Crippen LogP contribution is -2.30. The number of halogens is 2. The van der Waals surface area contributed by atoms with E-state index in [1.807, 2.05) is 0 Å². The quantitative estimate of drug-likeness (QED) is 0.530. The summed E-state index contributed by atoms with van der Waals surface area (Å²) >= 11 is 6.08. The Labute approximate surface area is 174 Å². The van der Waals surface area contributed by atoms with E-state index >= 15 is 0 Å². The standard InChI is InChI=1S/C21H19ClFNO4S/c1-27-20-10-9-15(11-21(20)28-2)14-24(18-7-3-5-16(22)12-18)29(25,26)19-8-4-6-17(23)13-19/h3-13H,14H2,1-2H3. The second-order valence-corrected chi connectivity index (χ2v) is 8.44. The van der Waals surface area contributed by atoms with E-state index < -0.39 is 15.8 Å². The minimum absolute atomic E-state index is 0.0143. The van der Waals surface area contributed by atoms with Crippen LogP contribution in [0.4, 0.5) is 10.1 Å². The van der Waals surface area contributed by atoms with Gasteiger partial charge in [-0.1, -0.05) is 29.8 Å². The van der Waals surface area contributed by atoms with Crippen LogP contribution >= 0.6 is 11.6 Å². The van der Waals surface area contributed by atoms with Gasteiger partial charge in [0, 0.05) is 5.02 Å². The molecule has 0 heterocycles. The van der Waals surface area contributed by atoms with Crippen LogP contribution < -0.4 is 13.8 Å². The molecule has 0 aliphatic rings. The summed E-state index contributed by atoms with van der Waals surface area (Å²) in [4.78, 5) is -0.155. The van der Waals surface area contributed by atoms with Crippen molar-refractivity contribution in [3.63, 3.8) is 0 Å². The second-order valence-electron chi connectivity index (χ2n) is 6.14. The van der Waals surface area contributed by atoms with Gasteiger partial charge in [-0.05, 0) is 54.1 Å². The molecule has 0 saturated carbocycles. The molecule has 0 unspecified atom stereocenters. The van der Waals surface area contributed by atoms with Crippen molar-refractivity contribution in [3.8, 4) is 11.5 Å². The molecule has 0 spiro atoms. The van der Waals surface area contributed by atoms with Gasteiger partial charge in [-0.2, -0.15) is 0 Å². The number of anilines is 1. The molecule has 0 aromatic heterocycles. The Morgan fingerprint density at radius 2 is 1.66 bits per heavy atom. The number of hydrogen-bond donors (Lipinski definition) is 0. The van der Waals surface area contributed by atoms with Crippen LogP contribution in [0.25, 0.3) is 0 Å². The van der Waals surface area contributed by atoms with Gasteiger partial charge in [0.25, 0.3) is 10.0 Å². The number of sulfonamides is 1. The number of hydrogen-bond acceptors (Lipinski definition) is 4. The van der Waals surface area contributed by atoms with E-state index in [0.717, 1.165) is 6.07 Å². The van der Waals surface area contributed by atoms with Crippen molar-refractivity contribution < 1.29 is 22.3 Å². The summed E-state index contributed by atoms with van der Waals surface area (Å²) in [6.07, 6.45) is 0. The molecule has 0 fully saturated rings.